The van der Waals surface area contributed by atoms with Gasteiger partial charge < -0.3 is 4.42 Å². The van der Waals surface area contributed by atoms with Gasteiger partial charge in [-0.25, -0.2) is 0 Å². The lowest BCUT2D eigenvalue weighted by Gasteiger charge is -1.77. The van der Waals surface area contributed by atoms with E-state index in [-0.39, 0.29) is 5.76 Å². The fourth-order valence-electron chi connectivity index (χ4n) is 0.432. The van der Waals surface area contributed by atoms with Crippen molar-refractivity contribution in [1.82, 2.24) is 0 Å². The van der Waals surface area contributed by atoms with Crippen molar-refractivity contribution < 1.29 is 13.2 Å². The van der Waals surface area contributed by atoms with Crippen molar-refractivity contribution in [3.05, 3.63) is 30.2 Å². The quantitative estimate of drug-likeness (QED) is 0.567. The van der Waals surface area contributed by atoms with Crippen LogP contribution in [0, 0.1) is 6.07 Å². The molecule has 1 aromatic rings. The fraction of sp³-hybridized carbons (Fsp3) is 0. The molecule has 0 saturated heterocycles. The van der Waals surface area contributed by atoms with Crippen LogP contribution in [0.2, 0.25) is 0 Å². The first-order valence-corrected chi connectivity index (χ1v) is 2.27. The maximum absolute atomic E-state index is 11.4. The van der Waals surface area contributed by atoms with Gasteiger partial charge >= 0.3 is 0 Å². The molecule has 0 fully saturated rings. The number of rotatable bonds is 1. The van der Waals surface area contributed by atoms with Crippen LogP contribution >= 0.6 is 0 Å². The second kappa shape index (κ2) is 2.44. The third-order valence-corrected chi connectivity index (χ3v) is 0.729. The van der Waals surface area contributed by atoms with Gasteiger partial charge in [-0.3, -0.25) is 0 Å². The molecule has 1 aromatic heterocycles. The molecule has 1 heterocycles. The third-order valence-electron chi connectivity index (χ3n) is 0.729. The second-order valence-electron chi connectivity index (χ2n) is 1.36. The van der Waals surface area contributed by atoms with Crippen molar-refractivity contribution in [3.8, 4) is 0 Å². The second-order valence-corrected chi connectivity index (χ2v) is 1.36. The molecule has 0 aromatic carbocycles. The summed E-state index contributed by atoms with van der Waals surface area (Å²) in [5.74, 6) is 0.0509. The van der Waals surface area contributed by atoms with Gasteiger partial charge in [0.05, 0.1) is 6.26 Å². The van der Waals surface area contributed by atoms with Crippen LogP contribution in [0.5, 0.6) is 0 Å². The number of hydrogen-bond acceptors (Lipinski definition) is 1. The fourth-order valence-corrected chi connectivity index (χ4v) is 0.432. The number of halogens is 2. The van der Waals surface area contributed by atoms with Crippen LogP contribution in [0.4, 0.5) is 8.78 Å². The Morgan fingerprint density at radius 2 is 2.44 bits per heavy atom. The Kier molecular flexibility index (Phi) is 1.63. The lowest BCUT2D eigenvalue weighted by Crippen LogP contribution is -1.60. The van der Waals surface area contributed by atoms with Crippen molar-refractivity contribution in [2.24, 2.45) is 0 Å². The van der Waals surface area contributed by atoms with E-state index in [4.69, 9.17) is 0 Å². The molecule has 1 rings (SSSR count). The third kappa shape index (κ3) is 1.68. The zero-order valence-electron chi connectivity index (χ0n) is 4.40. The summed E-state index contributed by atoms with van der Waals surface area (Å²) >= 11 is 0. The SMILES string of the molecule is FC(F)=Cc1[c]cco1. The molecule has 0 unspecified atom stereocenters. The molecule has 1 radical (unpaired) electrons. The van der Waals surface area contributed by atoms with E-state index in [1.807, 2.05) is 0 Å². The van der Waals surface area contributed by atoms with Crippen molar-refractivity contribution in [2.75, 3.05) is 0 Å². The van der Waals surface area contributed by atoms with Crippen molar-refractivity contribution in [2.45, 2.75) is 0 Å². The highest BCUT2D eigenvalue weighted by molar-refractivity contribution is 5.41. The summed E-state index contributed by atoms with van der Waals surface area (Å²) in [5, 5.41) is 0. The Morgan fingerprint density at radius 1 is 1.67 bits per heavy atom. The van der Waals surface area contributed by atoms with Gasteiger partial charge in [0.2, 0.25) is 0 Å². The maximum Gasteiger partial charge on any atom is 0.274 e. The first-order chi connectivity index (χ1) is 4.29. The molecule has 0 N–H and O–H groups in total. The summed E-state index contributed by atoms with van der Waals surface area (Å²) < 4.78 is 27.3. The average molecular weight is 129 g/mol. The molecule has 9 heavy (non-hydrogen) atoms. The molecule has 0 aliphatic rings. The van der Waals surface area contributed by atoms with E-state index < -0.39 is 6.08 Å². The highest BCUT2D eigenvalue weighted by Crippen LogP contribution is 2.07. The predicted octanol–water partition coefficient (Wildman–Crippen LogP) is 2.32. The Hall–Kier alpha value is -1.12. The molecule has 0 bridgehead atoms. The smallest absolute Gasteiger partial charge is 0.274 e. The summed E-state index contributed by atoms with van der Waals surface area (Å²) in [6.07, 6.45) is 0.121. The average Bonchev–Trinajstić information content (AvgIpc) is 2.15. The predicted molar refractivity (Wildman–Crippen MR) is 27.7 cm³/mol. The number of hydrogen-bond donors (Lipinski definition) is 0. The van der Waals surface area contributed by atoms with Gasteiger partial charge in [0.25, 0.3) is 6.08 Å². The monoisotopic (exact) mass is 129 g/mol. The Morgan fingerprint density at radius 3 is 2.89 bits per heavy atom. The summed E-state index contributed by atoms with van der Waals surface area (Å²) in [6.45, 7) is 0. The summed E-state index contributed by atoms with van der Waals surface area (Å²) in [4.78, 5) is 0. The number of furan rings is 1. The minimum atomic E-state index is -1.78. The van der Waals surface area contributed by atoms with Crippen LogP contribution in [0.3, 0.4) is 0 Å². The molecule has 0 atom stereocenters. The Labute approximate surface area is 50.6 Å². The highest BCUT2D eigenvalue weighted by atomic mass is 19.3. The van der Waals surface area contributed by atoms with Crippen LogP contribution < -0.4 is 0 Å². The largest absolute Gasteiger partial charge is 0.464 e. The van der Waals surface area contributed by atoms with E-state index in [1.165, 1.54) is 12.3 Å². The molecular weight excluding hydrogens is 126 g/mol. The van der Waals surface area contributed by atoms with E-state index in [9.17, 15) is 8.78 Å². The standard InChI is InChI=1S/C6H3F2O/c7-6(8)4-5-2-1-3-9-5/h1,3-4H. The van der Waals surface area contributed by atoms with Gasteiger partial charge in [0, 0.05) is 12.1 Å². The molecule has 3 heteroatoms. The van der Waals surface area contributed by atoms with Crippen LogP contribution in [0.1, 0.15) is 5.76 Å². The van der Waals surface area contributed by atoms with Crippen LogP contribution in [0.15, 0.2) is 22.8 Å². The summed E-state index contributed by atoms with van der Waals surface area (Å²) in [6, 6.07) is 3.87. The first kappa shape index (κ1) is 6.01. The minimum absolute atomic E-state index is 0.0509. The lowest BCUT2D eigenvalue weighted by molar-refractivity contribution is 0.426. The zero-order valence-corrected chi connectivity index (χ0v) is 4.40. The van der Waals surface area contributed by atoms with Gasteiger partial charge in [-0.05, 0) is 6.07 Å². The van der Waals surface area contributed by atoms with Gasteiger partial charge in [-0.1, -0.05) is 0 Å². The maximum atomic E-state index is 11.4. The van der Waals surface area contributed by atoms with Gasteiger partial charge in [0.1, 0.15) is 5.76 Å². The molecule has 0 aliphatic heterocycles. The van der Waals surface area contributed by atoms with Crippen molar-refractivity contribution in [1.29, 1.82) is 0 Å². The molecule has 0 spiro atoms. The lowest BCUT2D eigenvalue weighted by atomic mass is 10.4. The van der Waals surface area contributed by atoms with Crippen LogP contribution in [-0.4, -0.2) is 0 Å². The molecule has 1 nitrogen and oxygen atoms in total. The van der Waals surface area contributed by atoms with E-state index in [0.29, 0.717) is 6.08 Å². The topological polar surface area (TPSA) is 13.1 Å². The van der Waals surface area contributed by atoms with Crippen molar-refractivity contribution >= 4 is 6.08 Å². The first-order valence-electron chi connectivity index (χ1n) is 2.27. The zero-order chi connectivity index (χ0) is 6.69. The Bertz CT molecular complexity index is 197. The van der Waals surface area contributed by atoms with E-state index in [1.54, 1.807) is 0 Å². The van der Waals surface area contributed by atoms with Gasteiger partial charge in [-0.15, -0.1) is 0 Å². The molecule has 0 aliphatic carbocycles. The van der Waals surface area contributed by atoms with Crippen LogP contribution in [0.25, 0.3) is 6.08 Å². The van der Waals surface area contributed by atoms with E-state index >= 15 is 0 Å². The Balaban J connectivity index is 2.80. The molecular formula is C6H3F2O. The molecule has 0 saturated carbocycles. The van der Waals surface area contributed by atoms with E-state index in [2.05, 4.69) is 10.5 Å². The molecule has 0 amide bonds. The van der Waals surface area contributed by atoms with Crippen LogP contribution in [-0.2, 0) is 0 Å². The minimum Gasteiger partial charge on any atom is -0.464 e. The molecule has 47 valence electrons. The van der Waals surface area contributed by atoms with E-state index in [0.717, 1.165) is 0 Å². The van der Waals surface area contributed by atoms with Crippen molar-refractivity contribution in [3.63, 3.8) is 0 Å². The summed E-state index contributed by atoms with van der Waals surface area (Å²) in [7, 11) is 0. The normalized spacial score (nSPS) is 9.11. The van der Waals surface area contributed by atoms with Gasteiger partial charge in [0.15, 0.2) is 0 Å². The van der Waals surface area contributed by atoms with Gasteiger partial charge in [-0.2, -0.15) is 8.78 Å². The summed E-state index contributed by atoms with van der Waals surface area (Å²) in [5.41, 5.74) is 0. The highest BCUT2D eigenvalue weighted by Gasteiger charge is 1.92.